The van der Waals surface area contributed by atoms with Gasteiger partial charge in [-0.3, -0.25) is 4.79 Å². The van der Waals surface area contributed by atoms with E-state index >= 15 is 0 Å². The van der Waals surface area contributed by atoms with E-state index in [1.807, 2.05) is 37.3 Å². The third-order valence-electron chi connectivity index (χ3n) is 4.34. The molecule has 1 aromatic heterocycles. The summed E-state index contributed by atoms with van der Waals surface area (Å²) in [4.78, 5) is 28.6. The van der Waals surface area contributed by atoms with Crippen molar-refractivity contribution in [3.8, 4) is 0 Å². The number of hydrogen-bond donors (Lipinski definition) is 2. The molecule has 1 heterocycles. The normalized spacial score (nSPS) is 11.4. The van der Waals surface area contributed by atoms with Crippen LogP contribution < -0.4 is 10.6 Å². The van der Waals surface area contributed by atoms with E-state index in [2.05, 4.69) is 15.6 Å². The standard InChI is InChI=1S/C23H23N3O3/c1-3-29-23(28)18-9-11-20(12-10-18)26-21-15-19(13-14-24-21)22(27)25-16(2)17-7-5-4-6-8-17/h4-16H,3H2,1-2H3,(H,24,26)(H,25,27). The third-order valence-corrected chi connectivity index (χ3v) is 4.34. The zero-order valence-electron chi connectivity index (χ0n) is 16.4. The van der Waals surface area contributed by atoms with Gasteiger partial charge in [-0.1, -0.05) is 30.3 Å². The van der Waals surface area contributed by atoms with Crippen molar-refractivity contribution < 1.29 is 14.3 Å². The predicted octanol–water partition coefficient (Wildman–Crippen LogP) is 4.49. The summed E-state index contributed by atoms with van der Waals surface area (Å²) in [5.74, 6) is 0.00161. The smallest absolute Gasteiger partial charge is 0.338 e. The maximum Gasteiger partial charge on any atom is 0.338 e. The molecular formula is C23H23N3O3. The van der Waals surface area contributed by atoms with Gasteiger partial charge in [0.15, 0.2) is 0 Å². The fourth-order valence-corrected chi connectivity index (χ4v) is 2.80. The summed E-state index contributed by atoms with van der Waals surface area (Å²) in [5, 5.41) is 6.13. The van der Waals surface area contributed by atoms with Crippen LogP contribution in [0.25, 0.3) is 0 Å². The number of nitrogens with one attached hydrogen (secondary N) is 2. The monoisotopic (exact) mass is 389 g/mol. The van der Waals surface area contributed by atoms with E-state index in [-0.39, 0.29) is 17.9 Å². The second-order valence-electron chi connectivity index (χ2n) is 6.46. The lowest BCUT2D eigenvalue weighted by atomic mass is 10.1. The zero-order chi connectivity index (χ0) is 20.6. The SMILES string of the molecule is CCOC(=O)c1ccc(Nc2cc(C(=O)NC(C)c3ccccc3)ccn2)cc1. The van der Waals surface area contributed by atoms with E-state index in [0.717, 1.165) is 11.3 Å². The second kappa shape index (κ2) is 9.50. The Morgan fingerprint density at radius 2 is 1.72 bits per heavy atom. The minimum atomic E-state index is -0.358. The zero-order valence-corrected chi connectivity index (χ0v) is 16.4. The molecule has 3 aromatic rings. The van der Waals surface area contributed by atoms with Gasteiger partial charge in [0.1, 0.15) is 5.82 Å². The van der Waals surface area contributed by atoms with Crippen LogP contribution in [0.3, 0.4) is 0 Å². The molecule has 0 aliphatic rings. The number of carbonyl (C=O) groups excluding carboxylic acids is 2. The van der Waals surface area contributed by atoms with Crippen molar-refractivity contribution in [1.82, 2.24) is 10.3 Å². The largest absolute Gasteiger partial charge is 0.462 e. The number of aromatic nitrogens is 1. The molecule has 0 saturated heterocycles. The van der Waals surface area contributed by atoms with Gasteiger partial charge in [0, 0.05) is 17.4 Å². The van der Waals surface area contributed by atoms with Crippen LogP contribution in [0.4, 0.5) is 11.5 Å². The van der Waals surface area contributed by atoms with Crippen molar-refractivity contribution in [3.05, 3.63) is 89.6 Å². The molecule has 1 amide bonds. The lowest BCUT2D eigenvalue weighted by molar-refractivity contribution is 0.0526. The summed E-state index contributed by atoms with van der Waals surface area (Å²) in [6.07, 6.45) is 1.58. The number of hydrogen-bond acceptors (Lipinski definition) is 5. The van der Waals surface area contributed by atoms with Gasteiger partial charge in [0.25, 0.3) is 5.91 Å². The highest BCUT2D eigenvalue weighted by atomic mass is 16.5. The highest BCUT2D eigenvalue weighted by molar-refractivity contribution is 5.95. The van der Waals surface area contributed by atoms with Crippen LogP contribution in [0.1, 0.15) is 46.2 Å². The maximum atomic E-state index is 12.6. The van der Waals surface area contributed by atoms with Crippen molar-refractivity contribution in [2.24, 2.45) is 0 Å². The van der Waals surface area contributed by atoms with E-state index in [9.17, 15) is 9.59 Å². The first kappa shape index (κ1) is 20.1. The fourth-order valence-electron chi connectivity index (χ4n) is 2.80. The highest BCUT2D eigenvalue weighted by Crippen LogP contribution is 2.18. The van der Waals surface area contributed by atoms with Crippen LogP contribution in [-0.4, -0.2) is 23.5 Å². The molecule has 6 heteroatoms. The van der Waals surface area contributed by atoms with Crippen molar-refractivity contribution in [1.29, 1.82) is 0 Å². The number of pyridine rings is 1. The number of anilines is 2. The predicted molar refractivity (Wildman–Crippen MR) is 112 cm³/mol. The van der Waals surface area contributed by atoms with Crippen LogP contribution in [0.15, 0.2) is 72.9 Å². The Kier molecular flexibility index (Phi) is 6.58. The Bertz CT molecular complexity index is 972. The summed E-state index contributed by atoms with van der Waals surface area (Å²) in [6.45, 7) is 4.04. The number of amides is 1. The van der Waals surface area contributed by atoms with Crippen molar-refractivity contribution in [2.75, 3.05) is 11.9 Å². The van der Waals surface area contributed by atoms with Gasteiger partial charge in [-0.15, -0.1) is 0 Å². The molecule has 6 nitrogen and oxygen atoms in total. The first-order valence-electron chi connectivity index (χ1n) is 9.43. The fraction of sp³-hybridized carbons (Fsp3) is 0.174. The molecule has 3 rings (SSSR count). The van der Waals surface area contributed by atoms with E-state index in [1.165, 1.54) is 0 Å². The van der Waals surface area contributed by atoms with E-state index < -0.39 is 0 Å². The minimum absolute atomic E-state index is 0.108. The van der Waals surface area contributed by atoms with Gasteiger partial charge in [-0.05, 0) is 55.8 Å². The molecule has 0 saturated carbocycles. The summed E-state index contributed by atoms with van der Waals surface area (Å²) in [6, 6.07) is 19.9. The molecule has 0 aliphatic carbocycles. The molecule has 0 fully saturated rings. The van der Waals surface area contributed by atoms with Crippen molar-refractivity contribution in [3.63, 3.8) is 0 Å². The summed E-state index contributed by atoms with van der Waals surface area (Å²) < 4.78 is 4.98. The van der Waals surface area contributed by atoms with Crippen LogP contribution in [-0.2, 0) is 4.74 Å². The summed E-state index contributed by atoms with van der Waals surface area (Å²) >= 11 is 0. The lowest BCUT2D eigenvalue weighted by Gasteiger charge is -2.15. The van der Waals surface area contributed by atoms with Gasteiger partial charge in [-0.2, -0.15) is 0 Å². The van der Waals surface area contributed by atoms with Crippen LogP contribution in [0.2, 0.25) is 0 Å². The number of carbonyl (C=O) groups is 2. The molecule has 1 unspecified atom stereocenters. The topological polar surface area (TPSA) is 80.3 Å². The van der Waals surface area contributed by atoms with Crippen LogP contribution in [0.5, 0.6) is 0 Å². The molecule has 1 atom stereocenters. The number of esters is 1. The Morgan fingerprint density at radius 3 is 2.41 bits per heavy atom. The van der Waals surface area contributed by atoms with Gasteiger partial charge in [0.2, 0.25) is 0 Å². The minimum Gasteiger partial charge on any atom is -0.462 e. The van der Waals surface area contributed by atoms with Gasteiger partial charge >= 0.3 is 5.97 Å². The molecule has 2 N–H and O–H groups in total. The Hall–Kier alpha value is -3.67. The quantitative estimate of drug-likeness (QED) is 0.582. The molecule has 2 aromatic carbocycles. The maximum absolute atomic E-state index is 12.6. The average molecular weight is 389 g/mol. The first-order chi connectivity index (χ1) is 14.1. The Labute approximate surface area is 169 Å². The van der Waals surface area contributed by atoms with Gasteiger partial charge in [0.05, 0.1) is 18.2 Å². The van der Waals surface area contributed by atoms with Gasteiger partial charge in [-0.25, -0.2) is 9.78 Å². The average Bonchev–Trinajstić information content (AvgIpc) is 2.75. The number of nitrogens with zero attached hydrogens (tertiary/aromatic N) is 1. The third kappa shape index (κ3) is 5.42. The Morgan fingerprint density at radius 1 is 1.00 bits per heavy atom. The van der Waals surface area contributed by atoms with E-state index in [1.54, 1.807) is 49.5 Å². The summed E-state index contributed by atoms with van der Waals surface area (Å²) in [5.41, 5.74) is 2.78. The van der Waals surface area contributed by atoms with Crippen LogP contribution in [0, 0.1) is 0 Å². The molecule has 148 valence electrons. The van der Waals surface area contributed by atoms with Gasteiger partial charge < -0.3 is 15.4 Å². The first-order valence-corrected chi connectivity index (χ1v) is 9.43. The molecular weight excluding hydrogens is 366 g/mol. The molecule has 29 heavy (non-hydrogen) atoms. The Balaban J connectivity index is 1.66. The van der Waals surface area contributed by atoms with Crippen molar-refractivity contribution >= 4 is 23.4 Å². The number of benzene rings is 2. The highest BCUT2D eigenvalue weighted by Gasteiger charge is 2.12. The second-order valence-corrected chi connectivity index (χ2v) is 6.46. The number of ether oxygens (including phenoxy) is 1. The molecule has 0 radical (unpaired) electrons. The number of rotatable bonds is 7. The van der Waals surface area contributed by atoms with E-state index in [0.29, 0.717) is 23.6 Å². The molecule has 0 bridgehead atoms. The van der Waals surface area contributed by atoms with Crippen molar-refractivity contribution in [2.45, 2.75) is 19.9 Å². The van der Waals surface area contributed by atoms with E-state index in [4.69, 9.17) is 4.74 Å². The summed E-state index contributed by atoms with van der Waals surface area (Å²) in [7, 11) is 0. The van der Waals surface area contributed by atoms with Crippen LogP contribution >= 0.6 is 0 Å². The molecule has 0 spiro atoms. The lowest BCUT2D eigenvalue weighted by Crippen LogP contribution is -2.26. The molecule has 0 aliphatic heterocycles.